The number of phenolic OH excluding ortho intramolecular Hbond substituents is 2. The molecule has 0 unspecified atom stereocenters. The summed E-state index contributed by atoms with van der Waals surface area (Å²) in [7, 11) is 4.30. The quantitative estimate of drug-likeness (QED) is 0.00394. The molecule has 0 spiro atoms. The van der Waals surface area contributed by atoms with Gasteiger partial charge in [0.25, 0.3) is 11.8 Å². The molecule has 0 saturated heterocycles. The summed E-state index contributed by atoms with van der Waals surface area (Å²) < 4.78 is 25.8. The lowest BCUT2D eigenvalue weighted by Gasteiger charge is -2.18. The first kappa shape index (κ1) is 94.4. The maximum atomic E-state index is 12.3. The number of nitrogens with one attached hydrogen (secondary N) is 10. The van der Waals surface area contributed by atoms with E-state index in [-0.39, 0.29) is 124 Å². The number of hydrogen-bond acceptors (Lipinski definition) is 21. The van der Waals surface area contributed by atoms with Crippen LogP contribution in [0.1, 0.15) is 85.6 Å². The number of rotatable bonds is 29. The Bertz CT molecular complexity index is 5570. The number of phenols is 2. The van der Waals surface area contributed by atoms with Crippen LogP contribution in [0.15, 0.2) is 212 Å². The average Bonchev–Trinajstić information content (AvgIpc) is 0.752. The fourth-order valence-corrected chi connectivity index (χ4v) is 11.7. The third-order valence-electron chi connectivity index (χ3n) is 16.5. The van der Waals surface area contributed by atoms with Crippen molar-refractivity contribution in [1.82, 2.24) is 42.5 Å². The molecule has 0 aromatic heterocycles. The van der Waals surface area contributed by atoms with Crippen LogP contribution >= 0.6 is 24.4 Å². The number of carbonyl (C=O) groups is 9. The van der Waals surface area contributed by atoms with Gasteiger partial charge in [0.1, 0.15) is 54.0 Å². The number of hydrogen-bond donors (Lipinski definition) is 14. The molecule has 0 bridgehead atoms. The normalized spacial score (nSPS) is 10.2. The summed E-state index contributed by atoms with van der Waals surface area (Å²) in [5, 5.41) is 72.6. The van der Waals surface area contributed by atoms with E-state index in [4.69, 9.17) is 43.5 Å². The first-order chi connectivity index (χ1) is 57.3. The number of aromatic hydroxyl groups is 2. The van der Waals surface area contributed by atoms with Gasteiger partial charge in [-0.2, -0.15) is 0 Å². The summed E-state index contributed by atoms with van der Waals surface area (Å²) in [5.41, 5.74) is 14.7. The Morgan fingerprint density at radius 1 is 0.433 bits per heavy atom. The number of carboxylic acid groups (broad SMARTS) is 2. The fraction of sp³-hybridized carbons (Fsp3) is 0.212. The zero-order valence-corrected chi connectivity index (χ0v) is 66.8. The summed E-state index contributed by atoms with van der Waals surface area (Å²) in [4.78, 5) is 132. The van der Waals surface area contributed by atoms with E-state index in [1.165, 1.54) is 88.9 Å². The van der Waals surface area contributed by atoms with E-state index in [2.05, 4.69) is 72.7 Å². The van der Waals surface area contributed by atoms with Crippen molar-refractivity contribution in [1.29, 1.82) is 0 Å². The van der Waals surface area contributed by atoms with Crippen molar-refractivity contribution in [3.05, 3.63) is 252 Å². The maximum Gasteiger partial charge on any atom is 0.336 e. The molecule has 14 N–H and O–H groups in total. The number of thiocarbonyl (C=S) groups is 2. The number of benzene rings is 9. The highest BCUT2D eigenvalue weighted by atomic mass is 32.1. The lowest BCUT2D eigenvalue weighted by Crippen LogP contribution is -2.37. The number of anilines is 2. The third-order valence-corrected chi connectivity index (χ3v) is 16.9. The smallest absolute Gasteiger partial charge is 0.336 e. The van der Waals surface area contributed by atoms with Crippen LogP contribution in [0, 0.1) is 0 Å². The highest BCUT2D eigenvalue weighted by Crippen LogP contribution is 2.44. The fourth-order valence-electron chi connectivity index (χ4n) is 11.2. The van der Waals surface area contributed by atoms with E-state index in [9.17, 15) is 73.2 Å². The molecule has 2 heterocycles. The Morgan fingerprint density at radius 2 is 0.792 bits per heavy atom. The first-order valence-corrected chi connectivity index (χ1v) is 37.3. The van der Waals surface area contributed by atoms with Gasteiger partial charge in [0.05, 0.1) is 11.1 Å². The number of ketones is 1. The van der Waals surface area contributed by atoms with Gasteiger partial charge in [0.2, 0.25) is 23.6 Å². The maximum absolute atomic E-state index is 12.3. The van der Waals surface area contributed by atoms with Gasteiger partial charge in [0.15, 0.2) is 26.9 Å². The number of fused-ring (bicyclic) bond motifs is 4. The molecular weight excluding hydrogens is 1590 g/mol. The van der Waals surface area contributed by atoms with Crippen molar-refractivity contribution in [2.75, 3.05) is 104 Å². The monoisotopic (exact) mass is 1680 g/mol. The summed E-state index contributed by atoms with van der Waals surface area (Å²) in [5.74, 6) is -3.33. The minimum Gasteiger partial charge on any atom is -0.508 e. The van der Waals surface area contributed by atoms with Crippen molar-refractivity contribution >= 4 is 127 Å². The predicted molar refractivity (Wildman–Crippen MR) is 462 cm³/mol. The number of carboxylic acids is 2. The summed E-state index contributed by atoms with van der Waals surface area (Å²) in [6, 6.07) is 48.9. The van der Waals surface area contributed by atoms with Gasteiger partial charge < -0.3 is 96.6 Å². The number of carbonyl (C=O) groups excluding carboxylic acids is 7. The minimum absolute atomic E-state index is 0. The average molecular weight is 1680 g/mol. The zero-order chi connectivity index (χ0) is 86.5. The first-order valence-electron chi connectivity index (χ1n) is 36.4. The number of azide groups is 1. The topological polar surface area (TPSA) is 492 Å². The largest absolute Gasteiger partial charge is 0.508 e. The molecule has 7 aromatic rings. The molecule has 0 atom stereocenters. The Balaban J connectivity index is 0.000000252. The van der Waals surface area contributed by atoms with Crippen LogP contribution in [0.3, 0.4) is 0 Å². The lowest BCUT2D eigenvalue weighted by atomic mass is 9.90. The molecule has 2 aliphatic heterocycles. The molecule has 0 fully saturated rings. The summed E-state index contributed by atoms with van der Waals surface area (Å²) in [6.07, 6.45) is 0. The van der Waals surface area contributed by atoms with Gasteiger partial charge in [0, 0.05) is 182 Å². The highest BCUT2D eigenvalue weighted by molar-refractivity contribution is 7.80. The highest BCUT2D eigenvalue weighted by Gasteiger charge is 2.25. The van der Waals surface area contributed by atoms with Crippen LogP contribution in [0.25, 0.3) is 77.3 Å². The van der Waals surface area contributed by atoms with E-state index in [0.29, 0.717) is 147 Å². The standard InChI is InChI=1S/C26H23N3O7S.C25H21N3O6S.C19H20N2O4.C12H15N5O3.C2H6.CH4/c1-35-13-23(32)27-8-9-28-26(37)29-14-2-5-17(20(10-14)25(33)34)24-18-6-3-15(30)11-21(18)36-22-12-16(31)4-7-19(22)24;1-13(29)26-8-9-27-25(35)28-14-2-5-17(20(10-14)24(32)33)23-18-6-3-15(30)11-21(18)34-22-12-16(31)4-7-19(22)23;1-25-13-17(22)20-11-12-21-19(24)16-9-7-15(8-10-16)18(23)14-5-3-2-4-6-14;1-20-8-11(18)14-6-7-15-12(19)9-2-4-10(5-3-9)16-17-13;1-2;/h2-7,10-12,30H,8-9,13H2,1H3,(H,27,32)(H,33,34)(H2,28,29,37);2-7,10-12,30H,8-9H2,1H3,(H,26,29)(H,32,33)(H2,27,28,35);2-10H,11-13H2,1H3,(H,20,22)(H,21,24);2-5H,6-8H2,1H3,(H,14,18)(H,15,19);1-2H3;1H4. The van der Waals surface area contributed by atoms with Crippen LogP contribution < -0.4 is 64.0 Å². The molecular formula is C85H89N13O20S2. The number of amides is 6. The van der Waals surface area contributed by atoms with Crippen LogP contribution in [0.5, 0.6) is 11.5 Å². The zero-order valence-electron chi connectivity index (χ0n) is 65.2. The Kier molecular flexibility index (Phi) is 37.9. The lowest BCUT2D eigenvalue weighted by molar-refractivity contribution is -0.125. The van der Waals surface area contributed by atoms with Crippen molar-refractivity contribution in [3.8, 4) is 56.4 Å². The van der Waals surface area contributed by atoms with Crippen LogP contribution in [-0.2, 0) is 33.4 Å². The molecule has 2 aliphatic carbocycles. The van der Waals surface area contributed by atoms with E-state index in [1.807, 2.05) is 19.9 Å². The second kappa shape index (κ2) is 48.1. The molecule has 11 rings (SSSR count). The number of nitrogens with zero attached hydrogens (tertiary/aromatic N) is 3. The second-order valence-corrected chi connectivity index (χ2v) is 25.7. The molecule has 0 radical (unpaired) electrons. The summed E-state index contributed by atoms with van der Waals surface area (Å²) >= 11 is 10.5. The van der Waals surface area contributed by atoms with Crippen molar-refractivity contribution in [3.63, 3.8) is 0 Å². The Hall–Kier alpha value is -14.5. The van der Waals surface area contributed by atoms with Gasteiger partial charge in [-0.05, 0) is 138 Å². The molecule has 6 amide bonds. The molecule has 4 aliphatic rings. The minimum atomic E-state index is -1.17. The van der Waals surface area contributed by atoms with Gasteiger partial charge >= 0.3 is 11.9 Å². The van der Waals surface area contributed by atoms with E-state index < -0.39 is 11.9 Å². The number of aromatic carboxylic acids is 2. The van der Waals surface area contributed by atoms with Crippen LogP contribution in [0.4, 0.5) is 17.1 Å². The van der Waals surface area contributed by atoms with Gasteiger partial charge in [-0.25, -0.2) is 9.59 Å². The Labute approximate surface area is 698 Å². The van der Waals surface area contributed by atoms with Crippen LogP contribution in [0.2, 0.25) is 0 Å². The molecule has 33 nitrogen and oxygen atoms in total. The van der Waals surface area contributed by atoms with Gasteiger partial charge in [-0.3, -0.25) is 43.2 Å². The molecule has 626 valence electrons. The van der Waals surface area contributed by atoms with Crippen molar-refractivity contribution in [2.24, 2.45) is 5.11 Å². The van der Waals surface area contributed by atoms with Crippen LogP contribution in [-0.4, -0.2) is 177 Å². The van der Waals surface area contributed by atoms with E-state index >= 15 is 0 Å². The molecule has 7 aromatic carbocycles. The molecule has 120 heavy (non-hydrogen) atoms. The number of ether oxygens (including phenoxy) is 3. The summed E-state index contributed by atoms with van der Waals surface area (Å²) in [6.45, 7) is 8.09. The third kappa shape index (κ3) is 28.5. The van der Waals surface area contributed by atoms with Gasteiger partial charge in [-0.1, -0.05) is 93.1 Å². The van der Waals surface area contributed by atoms with Gasteiger partial charge in [-0.15, -0.1) is 0 Å². The molecule has 35 heteroatoms. The molecule has 0 saturated carbocycles. The second-order valence-electron chi connectivity index (χ2n) is 24.9. The van der Waals surface area contributed by atoms with Crippen molar-refractivity contribution in [2.45, 2.75) is 28.2 Å². The SMILES string of the molecule is C.CC.CC(=O)NCCNC(=S)Nc1ccc(-c2c3ccc(=O)cc-3oc3cc(O)ccc23)c(C(=O)O)c1.COCC(=O)NCCNC(=O)c1ccc(C(=O)c2ccccc2)cc1.COCC(=O)NCCNC(=O)c1ccc(N=[N+]=[N-])cc1.COCC(=O)NCCNC(=S)Nc1ccc(-c2c3ccc(=O)cc-3oc3cc(O)ccc23)c(C(=O)O)c1. The van der Waals surface area contributed by atoms with E-state index in [0.717, 1.165) is 0 Å². The van der Waals surface area contributed by atoms with Crippen molar-refractivity contribution < 1.29 is 86.6 Å². The van der Waals surface area contributed by atoms with E-state index in [1.54, 1.807) is 121 Å². The Morgan fingerprint density at radius 3 is 1.18 bits per heavy atom. The number of methoxy groups -OCH3 is 3. The predicted octanol–water partition coefficient (Wildman–Crippen LogP) is 10.6.